The van der Waals surface area contributed by atoms with E-state index in [1.165, 1.54) is 57.5 Å². The molecule has 3 atom stereocenters. The highest BCUT2D eigenvalue weighted by atomic mass is 19.1. The van der Waals surface area contributed by atoms with Gasteiger partial charge >= 0.3 is 11.9 Å². The van der Waals surface area contributed by atoms with Gasteiger partial charge in [0.05, 0.1) is 7.11 Å². The fourth-order valence-electron chi connectivity index (χ4n) is 3.19. The van der Waals surface area contributed by atoms with Gasteiger partial charge in [0.15, 0.2) is 17.2 Å². The molecule has 1 N–H and O–H groups in total. The van der Waals surface area contributed by atoms with Crippen molar-refractivity contribution in [3.8, 4) is 17.2 Å². The maximum Gasteiger partial charge on any atom is 0.328 e. The molecule has 196 valence electrons. The summed E-state index contributed by atoms with van der Waals surface area (Å²) in [5.41, 5.74) is -0.172. The van der Waals surface area contributed by atoms with Gasteiger partial charge in [0.25, 0.3) is 5.91 Å². The Morgan fingerprint density at radius 2 is 1.72 bits per heavy atom. The molecular weight excluding hydrogens is 475 g/mol. The summed E-state index contributed by atoms with van der Waals surface area (Å²) >= 11 is 0. The predicted octanol–water partition coefficient (Wildman–Crippen LogP) is 3.28. The summed E-state index contributed by atoms with van der Waals surface area (Å²) in [4.78, 5) is 40.7. The first-order chi connectivity index (χ1) is 17.0. The number of benzene rings is 1. The molecule has 1 aromatic carbocycles. The number of amides is 1. The number of methoxy groups -OCH3 is 1. The van der Waals surface area contributed by atoms with Crippen LogP contribution in [-0.2, 0) is 19.1 Å². The van der Waals surface area contributed by atoms with Crippen LogP contribution >= 0.6 is 0 Å². The van der Waals surface area contributed by atoms with Gasteiger partial charge in [0.2, 0.25) is 6.79 Å². The van der Waals surface area contributed by atoms with Crippen LogP contribution < -0.4 is 19.5 Å². The van der Waals surface area contributed by atoms with E-state index in [-0.39, 0.29) is 23.1 Å². The molecule has 0 spiro atoms. The van der Waals surface area contributed by atoms with E-state index in [1.807, 2.05) is 13.8 Å². The Kier molecular flexibility index (Phi) is 10.4. The lowest BCUT2D eigenvalue weighted by Gasteiger charge is -2.29. The van der Waals surface area contributed by atoms with Gasteiger partial charge in [0, 0.05) is 19.2 Å². The third-order valence-corrected chi connectivity index (χ3v) is 4.98. The molecular formula is C25H31FN2O8. The van der Waals surface area contributed by atoms with Crippen LogP contribution in [0.4, 0.5) is 4.39 Å². The van der Waals surface area contributed by atoms with Crippen LogP contribution in [0.3, 0.4) is 0 Å². The van der Waals surface area contributed by atoms with Crippen molar-refractivity contribution in [1.29, 1.82) is 0 Å². The average molecular weight is 507 g/mol. The summed E-state index contributed by atoms with van der Waals surface area (Å²) in [6.45, 7) is 7.66. The molecule has 1 heterocycles. The van der Waals surface area contributed by atoms with Gasteiger partial charge in [-0.25, -0.2) is 14.2 Å². The molecule has 0 fully saturated rings. The second kappa shape index (κ2) is 13.3. The van der Waals surface area contributed by atoms with Crippen LogP contribution in [-0.4, -0.2) is 55.0 Å². The highest BCUT2D eigenvalue weighted by Gasteiger charge is 2.30. The van der Waals surface area contributed by atoms with Crippen molar-refractivity contribution in [3.05, 3.63) is 48.0 Å². The van der Waals surface area contributed by atoms with Crippen molar-refractivity contribution in [2.75, 3.05) is 13.9 Å². The number of rotatable bonds is 12. The van der Waals surface area contributed by atoms with E-state index in [4.69, 9.17) is 23.7 Å². The third-order valence-electron chi connectivity index (χ3n) is 4.98. The number of aromatic nitrogens is 1. The lowest BCUT2D eigenvalue weighted by Crippen LogP contribution is -2.45. The minimum atomic E-state index is -1.05. The quantitative estimate of drug-likeness (QED) is 0.341. The van der Waals surface area contributed by atoms with E-state index in [2.05, 4.69) is 10.3 Å². The smallest absolute Gasteiger partial charge is 0.328 e. The van der Waals surface area contributed by atoms with E-state index < -0.39 is 48.7 Å². The Morgan fingerprint density at radius 3 is 2.31 bits per heavy atom. The molecule has 36 heavy (non-hydrogen) atoms. The largest absolute Gasteiger partial charge is 0.493 e. The number of hydrogen-bond donors (Lipinski definition) is 1. The number of pyridine rings is 1. The summed E-state index contributed by atoms with van der Waals surface area (Å²) in [5, 5.41) is 2.52. The summed E-state index contributed by atoms with van der Waals surface area (Å²) in [7, 11) is 1.37. The fraction of sp³-hybridized carbons (Fsp3) is 0.440. The topological polar surface area (TPSA) is 122 Å². The average Bonchev–Trinajstić information content (AvgIpc) is 2.83. The second-order valence-electron chi connectivity index (χ2n) is 8.21. The van der Waals surface area contributed by atoms with Gasteiger partial charge in [-0.05, 0) is 44.0 Å². The van der Waals surface area contributed by atoms with Crippen LogP contribution in [0.2, 0.25) is 0 Å². The van der Waals surface area contributed by atoms with Gasteiger partial charge in [0.1, 0.15) is 29.8 Å². The van der Waals surface area contributed by atoms with Crippen molar-refractivity contribution in [3.63, 3.8) is 0 Å². The van der Waals surface area contributed by atoms with Gasteiger partial charge in [-0.2, -0.15) is 0 Å². The summed E-state index contributed by atoms with van der Waals surface area (Å²) < 4.78 is 39.9. The molecule has 0 aliphatic rings. The number of nitrogens with zero attached hydrogens (tertiary/aromatic N) is 1. The van der Waals surface area contributed by atoms with E-state index in [0.717, 1.165) is 0 Å². The van der Waals surface area contributed by atoms with Gasteiger partial charge in [-0.1, -0.05) is 13.8 Å². The zero-order valence-electron chi connectivity index (χ0n) is 21.1. The molecule has 2 rings (SSSR count). The first-order valence-electron chi connectivity index (χ1n) is 11.3. The SMILES string of the molecule is COc1ccnc(C(=O)N[C@@H](C)C(=O)O[C@H](C(C)C)[C@H](C)Oc2ccc(F)cc2)c1OCOC(C)=O. The van der Waals surface area contributed by atoms with Gasteiger partial charge in [-0.15, -0.1) is 0 Å². The number of carbonyl (C=O) groups excluding carboxylic acids is 3. The van der Waals surface area contributed by atoms with Crippen LogP contribution in [0.25, 0.3) is 0 Å². The van der Waals surface area contributed by atoms with E-state index in [0.29, 0.717) is 5.75 Å². The number of esters is 2. The maximum absolute atomic E-state index is 13.2. The number of hydrogen-bond acceptors (Lipinski definition) is 9. The standard InChI is InChI=1S/C25H31FN2O8/c1-14(2)22(16(4)35-19-9-7-18(26)8-10-19)36-25(31)15(3)28-24(30)21-23(34-13-33-17(5)29)20(32-6)11-12-27-21/h7-12,14-16,22H,13H2,1-6H3,(H,28,30)/t15-,16-,22+/m0/s1. The molecule has 1 amide bonds. The molecule has 0 aliphatic carbocycles. The molecule has 0 bridgehead atoms. The molecule has 2 aromatic rings. The molecule has 10 nitrogen and oxygen atoms in total. The van der Waals surface area contributed by atoms with Crippen molar-refractivity contribution in [1.82, 2.24) is 10.3 Å². The van der Waals surface area contributed by atoms with Crippen LogP contribution in [0.5, 0.6) is 17.2 Å². The number of ether oxygens (including phenoxy) is 5. The Bertz CT molecular complexity index is 1040. The minimum absolute atomic E-state index is 0.0549. The first kappa shape index (κ1) is 28.3. The molecule has 0 aliphatic heterocycles. The monoisotopic (exact) mass is 506 g/mol. The van der Waals surface area contributed by atoms with Gasteiger partial charge < -0.3 is 29.0 Å². The fourth-order valence-corrected chi connectivity index (χ4v) is 3.19. The maximum atomic E-state index is 13.2. The van der Waals surface area contributed by atoms with Crippen LogP contribution in [0, 0.1) is 11.7 Å². The number of nitrogens with one attached hydrogen (secondary N) is 1. The zero-order chi connectivity index (χ0) is 26.8. The Balaban J connectivity index is 2.08. The predicted molar refractivity (Wildman–Crippen MR) is 126 cm³/mol. The Hall–Kier alpha value is -3.89. The van der Waals surface area contributed by atoms with Crippen LogP contribution in [0.15, 0.2) is 36.5 Å². The molecule has 0 saturated carbocycles. The number of carbonyl (C=O) groups is 3. The second-order valence-corrected chi connectivity index (χ2v) is 8.21. The van der Waals surface area contributed by atoms with E-state index >= 15 is 0 Å². The summed E-state index contributed by atoms with van der Waals surface area (Å²) in [6, 6.07) is 5.92. The van der Waals surface area contributed by atoms with Crippen molar-refractivity contribution >= 4 is 17.8 Å². The normalized spacial score (nSPS) is 13.2. The van der Waals surface area contributed by atoms with Crippen molar-refractivity contribution < 1.29 is 42.5 Å². The van der Waals surface area contributed by atoms with Crippen molar-refractivity contribution in [2.45, 2.75) is 52.9 Å². The van der Waals surface area contributed by atoms with E-state index in [1.54, 1.807) is 6.92 Å². The van der Waals surface area contributed by atoms with Crippen LogP contribution in [0.1, 0.15) is 45.1 Å². The molecule has 0 unspecified atom stereocenters. The molecule has 0 radical (unpaired) electrons. The highest BCUT2D eigenvalue weighted by molar-refractivity contribution is 5.98. The highest BCUT2D eigenvalue weighted by Crippen LogP contribution is 2.29. The Labute approximate surface area is 209 Å². The summed E-state index contributed by atoms with van der Waals surface area (Å²) in [5.74, 6) is -1.94. The molecule has 11 heteroatoms. The summed E-state index contributed by atoms with van der Waals surface area (Å²) in [6.07, 6.45) is 0.127. The Morgan fingerprint density at radius 1 is 1.06 bits per heavy atom. The zero-order valence-corrected chi connectivity index (χ0v) is 21.1. The van der Waals surface area contributed by atoms with E-state index in [9.17, 15) is 18.8 Å². The number of halogens is 1. The minimum Gasteiger partial charge on any atom is -0.493 e. The first-order valence-corrected chi connectivity index (χ1v) is 11.3. The molecule has 0 saturated heterocycles. The lowest BCUT2D eigenvalue weighted by molar-refractivity contribution is -0.158. The molecule has 1 aromatic heterocycles. The van der Waals surface area contributed by atoms with Crippen molar-refractivity contribution in [2.24, 2.45) is 5.92 Å². The third kappa shape index (κ3) is 8.10. The lowest BCUT2D eigenvalue weighted by atomic mass is 10.0. The van der Waals surface area contributed by atoms with Gasteiger partial charge in [-0.3, -0.25) is 9.59 Å².